The molecule has 2 aromatic rings. The zero-order valence-corrected chi connectivity index (χ0v) is 32.0. The largest absolute Gasteiger partial charge is 0.496 e. The summed E-state index contributed by atoms with van der Waals surface area (Å²) in [5.74, 6) is -0.432. The Morgan fingerprint density at radius 2 is 1.75 bits per heavy atom. The molecule has 0 bridgehead atoms. The fourth-order valence-electron chi connectivity index (χ4n) is 7.78. The maximum Gasteiger partial charge on any atom is 0.332 e. The second kappa shape index (κ2) is 14.5. The predicted molar refractivity (Wildman–Crippen MR) is 190 cm³/mol. The van der Waals surface area contributed by atoms with E-state index < -0.39 is 29.1 Å². The molecule has 2 aliphatic rings. The van der Waals surface area contributed by atoms with Crippen LogP contribution in [0.3, 0.4) is 0 Å². The highest BCUT2D eigenvalue weighted by atomic mass is 32.1. The molecule has 0 spiro atoms. The van der Waals surface area contributed by atoms with Crippen molar-refractivity contribution in [1.82, 2.24) is 9.88 Å². The molecule has 1 unspecified atom stereocenters. The Kier molecular flexibility index (Phi) is 11.4. The van der Waals surface area contributed by atoms with Crippen LogP contribution in [0.25, 0.3) is 0 Å². The summed E-state index contributed by atoms with van der Waals surface area (Å²) in [6.07, 6.45) is 4.76. The molecule has 0 radical (unpaired) electrons. The summed E-state index contributed by atoms with van der Waals surface area (Å²) in [7, 11) is 1.60. The molecule has 4 rings (SSSR count). The maximum atomic E-state index is 15.1. The highest BCUT2D eigenvalue weighted by Gasteiger charge is 2.63. The molecule has 1 aromatic carbocycles. The standard InChI is InChI=1S/C39H58N2O6S/c1-23(2)21-39(36(44)47-38(9,10)11)22-28(35(43)46-30-19-25(5)13-15-27(30)24(3)4)32(33-40-17-18-48-33)41(39)34(42)26-14-16-29(37(6,7)8)31(20-26)45-12/h14,16-18,20,23-25,27-28,30,32H,13,15,19,21-22H2,1-12H3/t25-,27+,28+,30?,32-,39+/m1/s1. The third-order valence-electron chi connectivity index (χ3n) is 9.91. The van der Waals surface area contributed by atoms with Gasteiger partial charge >= 0.3 is 11.9 Å². The number of thiazole rings is 1. The number of amides is 1. The monoisotopic (exact) mass is 682 g/mol. The number of nitrogens with zero attached hydrogens (tertiary/aromatic N) is 2. The number of methoxy groups -OCH3 is 1. The van der Waals surface area contributed by atoms with Gasteiger partial charge in [0.2, 0.25) is 0 Å². The van der Waals surface area contributed by atoms with Crippen LogP contribution in [0.4, 0.5) is 0 Å². The molecule has 1 aliphatic carbocycles. The summed E-state index contributed by atoms with van der Waals surface area (Å²) in [4.78, 5) is 50.6. The van der Waals surface area contributed by atoms with Gasteiger partial charge in [0.1, 0.15) is 28.0 Å². The highest BCUT2D eigenvalue weighted by molar-refractivity contribution is 7.09. The number of carbonyl (C=O) groups excluding carboxylic acids is 3. The minimum atomic E-state index is -1.44. The summed E-state index contributed by atoms with van der Waals surface area (Å²) < 4.78 is 18.4. The summed E-state index contributed by atoms with van der Waals surface area (Å²) in [6.45, 7) is 22.4. The minimum absolute atomic E-state index is 0.00171. The molecule has 8 nitrogen and oxygen atoms in total. The lowest BCUT2D eigenvalue weighted by Gasteiger charge is -2.41. The fraction of sp³-hybridized carbons (Fsp3) is 0.692. The van der Waals surface area contributed by atoms with Crippen LogP contribution in [0.1, 0.15) is 135 Å². The number of aromatic nitrogens is 1. The van der Waals surface area contributed by atoms with Gasteiger partial charge in [0.25, 0.3) is 5.91 Å². The molecule has 1 aliphatic heterocycles. The van der Waals surface area contributed by atoms with E-state index in [1.807, 2.05) is 46.1 Å². The topological polar surface area (TPSA) is 95.0 Å². The second-order valence-corrected chi connectivity index (χ2v) is 17.8. The van der Waals surface area contributed by atoms with Crippen molar-refractivity contribution in [3.05, 3.63) is 45.9 Å². The van der Waals surface area contributed by atoms with Crippen molar-refractivity contribution in [2.24, 2.45) is 29.6 Å². The summed E-state index contributed by atoms with van der Waals surface area (Å²) in [6, 6.07) is 4.64. The SMILES string of the molecule is COc1cc(C(=O)N2[C@@H](c3nccs3)[C@@H](C(=O)OC3C[C@H](C)CC[C@H]3C(C)C)C[C@@]2(CC(C)C)C(=O)OC(C)(C)C)ccc1C(C)(C)C. The molecule has 2 heterocycles. The summed E-state index contributed by atoms with van der Waals surface area (Å²) >= 11 is 1.38. The number of benzene rings is 1. The molecule has 6 atom stereocenters. The molecular formula is C39H58N2O6S. The molecule has 1 aromatic heterocycles. The molecule has 1 saturated carbocycles. The van der Waals surface area contributed by atoms with Gasteiger partial charge in [-0.05, 0) is 93.2 Å². The van der Waals surface area contributed by atoms with Gasteiger partial charge in [-0.15, -0.1) is 11.3 Å². The van der Waals surface area contributed by atoms with E-state index in [0.717, 1.165) is 24.8 Å². The summed E-state index contributed by atoms with van der Waals surface area (Å²) in [5, 5.41) is 2.44. The zero-order valence-electron chi connectivity index (χ0n) is 31.2. The van der Waals surface area contributed by atoms with E-state index in [-0.39, 0.29) is 41.7 Å². The first kappa shape index (κ1) is 37.9. The average Bonchev–Trinajstić information content (AvgIpc) is 3.61. The van der Waals surface area contributed by atoms with E-state index >= 15 is 4.79 Å². The van der Waals surface area contributed by atoms with E-state index in [9.17, 15) is 9.59 Å². The molecule has 0 N–H and O–H groups in total. The van der Waals surface area contributed by atoms with Gasteiger partial charge in [0, 0.05) is 17.1 Å². The van der Waals surface area contributed by atoms with Crippen LogP contribution in [0.2, 0.25) is 0 Å². The van der Waals surface area contributed by atoms with Crippen molar-refractivity contribution in [2.75, 3.05) is 7.11 Å². The van der Waals surface area contributed by atoms with Gasteiger partial charge in [0.15, 0.2) is 0 Å². The summed E-state index contributed by atoms with van der Waals surface area (Å²) in [5.41, 5.74) is -1.14. The molecule has 1 amide bonds. The Labute approximate surface area is 292 Å². The molecule has 9 heteroatoms. The Morgan fingerprint density at radius 3 is 2.29 bits per heavy atom. The van der Waals surface area contributed by atoms with Crippen LogP contribution in [0.5, 0.6) is 5.75 Å². The lowest BCUT2D eigenvalue weighted by atomic mass is 9.75. The van der Waals surface area contributed by atoms with Gasteiger partial charge in [-0.2, -0.15) is 0 Å². The van der Waals surface area contributed by atoms with Gasteiger partial charge in [-0.1, -0.05) is 67.9 Å². The first-order chi connectivity index (χ1) is 22.3. The van der Waals surface area contributed by atoms with Gasteiger partial charge in [0.05, 0.1) is 19.1 Å². The van der Waals surface area contributed by atoms with Crippen molar-refractivity contribution in [3.8, 4) is 5.75 Å². The lowest BCUT2D eigenvalue weighted by molar-refractivity contribution is -0.168. The first-order valence-electron chi connectivity index (χ1n) is 17.6. The molecule has 266 valence electrons. The van der Waals surface area contributed by atoms with Gasteiger partial charge in [-0.25, -0.2) is 9.78 Å². The van der Waals surface area contributed by atoms with Crippen molar-refractivity contribution in [2.45, 2.75) is 137 Å². The van der Waals surface area contributed by atoms with E-state index in [1.54, 1.807) is 30.3 Å². The van der Waals surface area contributed by atoms with Crippen LogP contribution >= 0.6 is 11.3 Å². The molecule has 1 saturated heterocycles. The quantitative estimate of drug-likeness (QED) is 0.244. The van der Waals surface area contributed by atoms with Crippen LogP contribution in [-0.4, -0.2) is 52.1 Å². The Bertz CT molecular complexity index is 1440. The smallest absolute Gasteiger partial charge is 0.332 e. The van der Waals surface area contributed by atoms with Crippen LogP contribution in [0, 0.1) is 29.6 Å². The molecule has 48 heavy (non-hydrogen) atoms. The zero-order chi connectivity index (χ0) is 35.8. The number of hydrogen-bond donors (Lipinski definition) is 0. The van der Waals surface area contributed by atoms with Gasteiger partial charge < -0.3 is 19.1 Å². The van der Waals surface area contributed by atoms with Crippen molar-refractivity contribution in [3.63, 3.8) is 0 Å². The van der Waals surface area contributed by atoms with E-state index in [4.69, 9.17) is 14.2 Å². The van der Waals surface area contributed by atoms with Crippen molar-refractivity contribution >= 4 is 29.2 Å². The number of esters is 2. The average molecular weight is 683 g/mol. The first-order valence-corrected chi connectivity index (χ1v) is 18.5. The van der Waals surface area contributed by atoms with Crippen molar-refractivity contribution < 1.29 is 28.6 Å². The molecular weight excluding hydrogens is 625 g/mol. The fourth-order valence-corrected chi connectivity index (χ4v) is 8.57. The molecule has 2 fully saturated rings. The third kappa shape index (κ3) is 8.09. The van der Waals surface area contributed by atoms with Crippen LogP contribution in [0.15, 0.2) is 29.8 Å². The van der Waals surface area contributed by atoms with Gasteiger partial charge in [-0.3, -0.25) is 9.59 Å². The number of hydrogen-bond acceptors (Lipinski definition) is 8. The third-order valence-corrected chi connectivity index (χ3v) is 10.8. The minimum Gasteiger partial charge on any atom is -0.496 e. The van der Waals surface area contributed by atoms with E-state index in [2.05, 4.69) is 46.5 Å². The highest BCUT2D eigenvalue weighted by Crippen LogP contribution is 2.53. The Hall–Kier alpha value is -2.94. The number of carbonyl (C=O) groups is 3. The van der Waals surface area contributed by atoms with Crippen molar-refractivity contribution in [1.29, 1.82) is 0 Å². The normalized spacial score (nSPS) is 26.5. The lowest BCUT2D eigenvalue weighted by Crippen LogP contribution is -2.56. The van der Waals surface area contributed by atoms with E-state index in [1.165, 1.54) is 11.3 Å². The second-order valence-electron chi connectivity index (χ2n) is 16.9. The van der Waals surface area contributed by atoms with Crippen LogP contribution < -0.4 is 4.74 Å². The number of rotatable bonds is 9. The van der Waals surface area contributed by atoms with Crippen LogP contribution in [-0.2, 0) is 24.5 Å². The number of ether oxygens (including phenoxy) is 3. The maximum absolute atomic E-state index is 15.1. The number of likely N-dealkylation sites (tertiary alicyclic amines) is 1. The Balaban J connectivity index is 1.91. The van der Waals surface area contributed by atoms with E-state index in [0.29, 0.717) is 34.6 Å². The Morgan fingerprint density at radius 1 is 1.06 bits per heavy atom. The predicted octanol–water partition coefficient (Wildman–Crippen LogP) is 8.78.